The zero-order valence-corrected chi connectivity index (χ0v) is 18.2. The van der Waals surface area contributed by atoms with Crippen molar-refractivity contribution in [3.63, 3.8) is 0 Å². The van der Waals surface area contributed by atoms with Gasteiger partial charge in [0.1, 0.15) is 0 Å². The molecule has 0 bridgehead atoms. The Kier molecular flexibility index (Phi) is 7.32. The average Bonchev–Trinajstić information content (AvgIpc) is 2.65. The van der Waals surface area contributed by atoms with Crippen LogP contribution in [0.2, 0.25) is 0 Å². The van der Waals surface area contributed by atoms with E-state index in [0.717, 1.165) is 11.3 Å². The van der Waals surface area contributed by atoms with E-state index in [1.165, 1.54) is 5.56 Å². The molecule has 5 nitrogen and oxygen atoms in total. The molecule has 0 aliphatic rings. The van der Waals surface area contributed by atoms with Crippen molar-refractivity contribution >= 4 is 23.2 Å². The van der Waals surface area contributed by atoms with Crippen LogP contribution in [0.25, 0.3) is 0 Å². The lowest BCUT2D eigenvalue weighted by Gasteiger charge is -2.18. The molecule has 154 valence electrons. The Morgan fingerprint density at radius 1 is 0.966 bits per heavy atom. The van der Waals surface area contributed by atoms with Gasteiger partial charge in [-0.1, -0.05) is 58.9 Å². The molecule has 29 heavy (non-hydrogen) atoms. The van der Waals surface area contributed by atoms with Gasteiger partial charge in [0.15, 0.2) is 0 Å². The number of nitrogens with one attached hydrogen (secondary N) is 2. The zero-order chi connectivity index (χ0) is 21.6. The summed E-state index contributed by atoms with van der Waals surface area (Å²) in [5.74, 6) is -0.0239. The maximum Gasteiger partial charge on any atom is 0.271 e. The summed E-state index contributed by atoms with van der Waals surface area (Å²) in [5, 5.41) is 6.89. The third kappa shape index (κ3) is 6.86. The first-order valence-electron chi connectivity index (χ1n) is 9.90. The van der Waals surface area contributed by atoms with Crippen molar-refractivity contribution in [3.8, 4) is 0 Å². The lowest BCUT2D eigenvalue weighted by atomic mass is 9.87. The highest BCUT2D eigenvalue weighted by atomic mass is 16.2. The van der Waals surface area contributed by atoms with Gasteiger partial charge in [-0.3, -0.25) is 9.59 Å². The molecule has 2 aromatic carbocycles. The molecule has 0 unspecified atom stereocenters. The Balaban J connectivity index is 1.88. The molecule has 0 aliphatic carbocycles. The van der Waals surface area contributed by atoms with Gasteiger partial charge >= 0.3 is 0 Å². The second-order valence-corrected chi connectivity index (χ2v) is 8.62. The van der Waals surface area contributed by atoms with Gasteiger partial charge in [-0.25, -0.2) is 5.43 Å². The lowest BCUT2D eigenvalue weighted by Crippen LogP contribution is -2.21. The average molecular weight is 394 g/mol. The molecule has 2 rings (SSSR count). The van der Waals surface area contributed by atoms with Crippen molar-refractivity contribution < 1.29 is 9.59 Å². The SMILES string of the molecule is C/C(CC(=O)Nc1ccc(C(C)C)cc1)=N/NC(=O)c1ccc(C(C)(C)C)cc1. The molecule has 0 saturated carbocycles. The van der Waals surface area contributed by atoms with Gasteiger partial charge in [-0.15, -0.1) is 0 Å². The van der Waals surface area contributed by atoms with Gasteiger partial charge in [-0.2, -0.15) is 5.10 Å². The summed E-state index contributed by atoms with van der Waals surface area (Å²) in [6, 6.07) is 15.3. The first-order valence-corrected chi connectivity index (χ1v) is 9.90. The van der Waals surface area contributed by atoms with Crippen LogP contribution in [0.4, 0.5) is 5.69 Å². The van der Waals surface area contributed by atoms with Gasteiger partial charge in [-0.05, 0) is 53.6 Å². The minimum absolute atomic E-state index is 0.0339. The highest BCUT2D eigenvalue weighted by Gasteiger charge is 2.14. The number of nitrogens with zero attached hydrogens (tertiary/aromatic N) is 1. The number of hydrazone groups is 1. The molecule has 0 atom stereocenters. The predicted molar refractivity (Wildman–Crippen MR) is 119 cm³/mol. The largest absolute Gasteiger partial charge is 0.326 e. The van der Waals surface area contributed by atoms with Crippen molar-refractivity contribution in [2.75, 3.05) is 5.32 Å². The van der Waals surface area contributed by atoms with Gasteiger partial charge in [0.05, 0.1) is 6.42 Å². The monoisotopic (exact) mass is 393 g/mol. The second-order valence-electron chi connectivity index (χ2n) is 8.62. The second kappa shape index (κ2) is 9.50. The lowest BCUT2D eigenvalue weighted by molar-refractivity contribution is -0.115. The number of benzene rings is 2. The van der Waals surface area contributed by atoms with Crippen molar-refractivity contribution in [3.05, 3.63) is 65.2 Å². The third-order valence-electron chi connectivity index (χ3n) is 4.64. The maximum atomic E-state index is 12.3. The number of hydrogen-bond donors (Lipinski definition) is 2. The van der Waals surface area contributed by atoms with E-state index < -0.39 is 0 Å². The van der Waals surface area contributed by atoms with Crippen LogP contribution in [0.5, 0.6) is 0 Å². The summed E-state index contributed by atoms with van der Waals surface area (Å²) in [5.41, 5.74) is 6.74. The fourth-order valence-corrected chi connectivity index (χ4v) is 2.76. The number of carbonyl (C=O) groups excluding carboxylic acids is 2. The molecule has 0 aromatic heterocycles. The number of amides is 2. The number of anilines is 1. The predicted octanol–water partition coefficient (Wildman–Crippen LogP) is 5.24. The molecule has 0 spiro atoms. The zero-order valence-electron chi connectivity index (χ0n) is 18.2. The molecule has 0 radical (unpaired) electrons. The van der Waals surface area contributed by atoms with Crippen LogP contribution < -0.4 is 10.7 Å². The van der Waals surface area contributed by atoms with Crippen LogP contribution in [-0.4, -0.2) is 17.5 Å². The van der Waals surface area contributed by atoms with E-state index in [0.29, 0.717) is 17.2 Å². The Morgan fingerprint density at radius 2 is 1.55 bits per heavy atom. The summed E-state index contributed by atoms with van der Waals surface area (Å²) in [7, 11) is 0. The summed E-state index contributed by atoms with van der Waals surface area (Å²) in [4.78, 5) is 24.4. The molecule has 2 aromatic rings. The third-order valence-corrected chi connectivity index (χ3v) is 4.64. The van der Waals surface area contributed by atoms with Crippen molar-refractivity contribution in [2.24, 2.45) is 5.10 Å². The fraction of sp³-hybridized carbons (Fsp3) is 0.375. The Morgan fingerprint density at radius 3 is 2.07 bits per heavy atom. The molecule has 0 aliphatic heterocycles. The molecule has 0 fully saturated rings. The number of rotatable bonds is 6. The van der Waals surface area contributed by atoms with E-state index in [1.54, 1.807) is 19.1 Å². The van der Waals surface area contributed by atoms with Crippen LogP contribution in [0.15, 0.2) is 53.6 Å². The molecule has 2 N–H and O–H groups in total. The molecule has 2 amide bonds. The molecular formula is C24H31N3O2. The first kappa shape index (κ1) is 22.3. The van der Waals surface area contributed by atoms with E-state index in [4.69, 9.17) is 0 Å². The normalized spacial score (nSPS) is 12.0. The highest BCUT2D eigenvalue weighted by molar-refractivity contribution is 6.06. The Hall–Kier alpha value is -2.95. The van der Waals surface area contributed by atoms with Gasteiger partial charge in [0.2, 0.25) is 5.91 Å². The van der Waals surface area contributed by atoms with E-state index in [-0.39, 0.29) is 23.7 Å². The minimum Gasteiger partial charge on any atom is -0.326 e. The summed E-state index contributed by atoms with van der Waals surface area (Å²) in [6.07, 6.45) is 0.106. The van der Waals surface area contributed by atoms with Crippen molar-refractivity contribution in [2.45, 2.75) is 59.3 Å². The summed E-state index contributed by atoms with van der Waals surface area (Å²) >= 11 is 0. The van der Waals surface area contributed by atoms with Crippen molar-refractivity contribution in [1.29, 1.82) is 0 Å². The Labute approximate surface area is 173 Å². The number of hydrogen-bond acceptors (Lipinski definition) is 3. The van der Waals surface area contributed by atoms with Crippen molar-refractivity contribution in [1.82, 2.24) is 5.43 Å². The first-order chi connectivity index (χ1) is 13.6. The molecular weight excluding hydrogens is 362 g/mol. The molecule has 0 saturated heterocycles. The van der Waals surface area contributed by atoms with Crippen LogP contribution in [0.3, 0.4) is 0 Å². The quantitative estimate of drug-likeness (QED) is 0.520. The smallest absolute Gasteiger partial charge is 0.271 e. The van der Waals surface area contributed by atoms with Crippen LogP contribution >= 0.6 is 0 Å². The van der Waals surface area contributed by atoms with Gasteiger partial charge in [0.25, 0.3) is 5.91 Å². The summed E-state index contributed by atoms with van der Waals surface area (Å²) < 4.78 is 0. The topological polar surface area (TPSA) is 70.6 Å². The Bertz CT molecular complexity index is 874. The van der Waals surface area contributed by atoms with Crippen LogP contribution in [-0.2, 0) is 10.2 Å². The van der Waals surface area contributed by atoms with E-state index >= 15 is 0 Å². The summed E-state index contributed by atoms with van der Waals surface area (Å²) in [6.45, 7) is 12.3. The van der Waals surface area contributed by atoms with Crippen LogP contribution in [0.1, 0.15) is 75.4 Å². The standard InChI is InChI=1S/C24H31N3O2/c1-16(2)18-9-13-21(14-10-18)25-22(28)15-17(3)26-27-23(29)19-7-11-20(12-8-19)24(4,5)6/h7-14,16H,15H2,1-6H3,(H,25,28)(H,27,29)/b26-17-. The number of carbonyl (C=O) groups is 2. The fourth-order valence-electron chi connectivity index (χ4n) is 2.76. The van der Waals surface area contributed by atoms with Gasteiger partial charge in [0, 0.05) is 17.0 Å². The van der Waals surface area contributed by atoms with Gasteiger partial charge < -0.3 is 5.32 Å². The molecule has 0 heterocycles. The van der Waals surface area contributed by atoms with E-state index in [9.17, 15) is 9.59 Å². The van der Waals surface area contributed by atoms with Crippen LogP contribution in [0, 0.1) is 0 Å². The molecule has 5 heteroatoms. The maximum absolute atomic E-state index is 12.3. The minimum atomic E-state index is -0.297. The highest BCUT2D eigenvalue weighted by Crippen LogP contribution is 2.22. The van der Waals surface area contributed by atoms with E-state index in [2.05, 4.69) is 50.5 Å². The van der Waals surface area contributed by atoms with E-state index in [1.807, 2.05) is 36.4 Å².